The summed E-state index contributed by atoms with van der Waals surface area (Å²) < 4.78 is 28.2. The maximum Gasteiger partial charge on any atom is 0.271 e. The molecule has 4 nitrogen and oxygen atoms in total. The molecule has 112 valence electrons. The number of nitrogens with zero attached hydrogens (tertiary/aromatic N) is 2. The minimum atomic E-state index is -2.58. The van der Waals surface area contributed by atoms with Gasteiger partial charge in [0.1, 0.15) is 11.2 Å². The standard InChI is InChI=1S/C13H18ClF2N3O/c1-2-19-10(9(14)8-17-19)11(20)18-13(12(15)16)6-4-3-5-7-13/h8,12H,2-7H2,1H3,(H,18,20). The highest BCUT2D eigenvalue weighted by Gasteiger charge is 2.42. The molecule has 1 N–H and O–H groups in total. The molecule has 1 aromatic rings. The molecule has 0 radical (unpaired) electrons. The average Bonchev–Trinajstić information content (AvgIpc) is 2.80. The summed E-state index contributed by atoms with van der Waals surface area (Å²) in [6.07, 6.45) is 1.70. The Hall–Kier alpha value is -1.17. The minimum absolute atomic E-state index is 0.153. The van der Waals surface area contributed by atoms with E-state index in [0.29, 0.717) is 32.2 Å². The zero-order chi connectivity index (χ0) is 14.8. The molecule has 1 amide bonds. The molecule has 0 unspecified atom stereocenters. The first kappa shape index (κ1) is 15.2. The molecule has 1 aromatic heterocycles. The Balaban J connectivity index is 2.22. The first-order valence-corrected chi connectivity index (χ1v) is 7.20. The van der Waals surface area contributed by atoms with Crippen molar-refractivity contribution in [2.24, 2.45) is 0 Å². The molecule has 1 saturated carbocycles. The molecule has 1 fully saturated rings. The van der Waals surface area contributed by atoms with Crippen molar-refractivity contribution in [3.8, 4) is 0 Å². The number of alkyl halides is 2. The van der Waals surface area contributed by atoms with Gasteiger partial charge in [0.15, 0.2) is 0 Å². The van der Waals surface area contributed by atoms with Crippen molar-refractivity contribution in [2.75, 3.05) is 0 Å². The van der Waals surface area contributed by atoms with Crippen LogP contribution < -0.4 is 5.32 Å². The van der Waals surface area contributed by atoms with Gasteiger partial charge in [-0.25, -0.2) is 8.78 Å². The second-order valence-electron chi connectivity index (χ2n) is 5.13. The minimum Gasteiger partial charge on any atom is -0.339 e. The number of nitrogens with one attached hydrogen (secondary N) is 1. The van der Waals surface area contributed by atoms with Crippen LogP contribution in [-0.2, 0) is 6.54 Å². The van der Waals surface area contributed by atoms with E-state index in [1.807, 2.05) is 6.92 Å². The fourth-order valence-electron chi connectivity index (χ4n) is 2.69. The van der Waals surface area contributed by atoms with E-state index in [1.54, 1.807) is 0 Å². The zero-order valence-corrected chi connectivity index (χ0v) is 12.1. The summed E-state index contributed by atoms with van der Waals surface area (Å²) in [4.78, 5) is 12.3. The van der Waals surface area contributed by atoms with Crippen molar-refractivity contribution in [2.45, 2.75) is 57.5 Å². The number of hydrogen-bond donors (Lipinski definition) is 1. The number of carbonyl (C=O) groups excluding carboxylic acids is 1. The molecule has 0 aromatic carbocycles. The fourth-order valence-corrected chi connectivity index (χ4v) is 2.92. The summed E-state index contributed by atoms with van der Waals surface area (Å²) in [6, 6.07) is 0. The third kappa shape index (κ3) is 2.80. The SMILES string of the molecule is CCn1ncc(Cl)c1C(=O)NC1(C(F)F)CCCCC1. The largest absolute Gasteiger partial charge is 0.339 e. The first-order chi connectivity index (χ1) is 9.50. The molecule has 2 rings (SSSR count). The molecule has 0 saturated heterocycles. The van der Waals surface area contributed by atoms with E-state index in [9.17, 15) is 13.6 Å². The average molecular weight is 306 g/mol. The Morgan fingerprint density at radius 1 is 1.50 bits per heavy atom. The van der Waals surface area contributed by atoms with Gasteiger partial charge in [-0.05, 0) is 19.8 Å². The second kappa shape index (κ2) is 6.08. The highest BCUT2D eigenvalue weighted by Crippen LogP contribution is 2.34. The van der Waals surface area contributed by atoms with Gasteiger partial charge in [0, 0.05) is 6.54 Å². The van der Waals surface area contributed by atoms with E-state index in [4.69, 9.17) is 11.6 Å². The van der Waals surface area contributed by atoms with Gasteiger partial charge in [0.25, 0.3) is 12.3 Å². The molecular formula is C13H18ClF2N3O. The van der Waals surface area contributed by atoms with Gasteiger partial charge in [0.05, 0.1) is 11.2 Å². The number of rotatable bonds is 4. The summed E-state index contributed by atoms with van der Waals surface area (Å²) in [5.41, 5.74) is -1.28. The van der Waals surface area contributed by atoms with Gasteiger partial charge in [0.2, 0.25) is 0 Å². The molecule has 0 atom stereocenters. The van der Waals surface area contributed by atoms with Crippen molar-refractivity contribution in [3.63, 3.8) is 0 Å². The lowest BCUT2D eigenvalue weighted by Crippen LogP contribution is -2.55. The summed E-state index contributed by atoms with van der Waals surface area (Å²) in [5, 5.41) is 6.65. The van der Waals surface area contributed by atoms with Crippen LogP contribution in [0.25, 0.3) is 0 Å². The quantitative estimate of drug-likeness (QED) is 0.928. The first-order valence-electron chi connectivity index (χ1n) is 6.82. The number of aryl methyl sites for hydroxylation is 1. The number of carbonyl (C=O) groups is 1. The van der Waals surface area contributed by atoms with Crippen LogP contribution in [0.2, 0.25) is 5.02 Å². The maximum absolute atomic E-state index is 13.4. The number of halogens is 3. The fraction of sp³-hybridized carbons (Fsp3) is 0.692. The number of hydrogen-bond acceptors (Lipinski definition) is 2. The van der Waals surface area contributed by atoms with Crippen LogP contribution in [0, 0.1) is 0 Å². The topological polar surface area (TPSA) is 46.9 Å². The lowest BCUT2D eigenvalue weighted by Gasteiger charge is -2.37. The molecule has 0 spiro atoms. The van der Waals surface area contributed by atoms with E-state index in [2.05, 4.69) is 10.4 Å². The predicted molar refractivity (Wildman–Crippen MR) is 72.2 cm³/mol. The van der Waals surface area contributed by atoms with Gasteiger partial charge in [-0.15, -0.1) is 0 Å². The maximum atomic E-state index is 13.4. The summed E-state index contributed by atoms with van der Waals surface area (Å²) >= 11 is 5.93. The lowest BCUT2D eigenvalue weighted by molar-refractivity contribution is 0.00725. The molecule has 1 aliphatic carbocycles. The molecule has 0 aliphatic heterocycles. The van der Waals surface area contributed by atoms with Crippen LogP contribution in [-0.4, -0.2) is 27.7 Å². The van der Waals surface area contributed by atoms with E-state index < -0.39 is 17.9 Å². The van der Waals surface area contributed by atoms with Crippen molar-refractivity contribution in [1.29, 1.82) is 0 Å². The molecular weight excluding hydrogens is 288 g/mol. The van der Waals surface area contributed by atoms with E-state index in [1.165, 1.54) is 10.9 Å². The van der Waals surface area contributed by atoms with Crippen LogP contribution in [0.5, 0.6) is 0 Å². The Labute approximate surface area is 121 Å². The van der Waals surface area contributed by atoms with Crippen molar-refractivity contribution in [3.05, 3.63) is 16.9 Å². The van der Waals surface area contributed by atoms with Crippen LogP contribution in [0.3, 0.4) is 0 Å². The summed E-state index contributed by atoms with van der Waals surface area (Å²) in [7, 11) is 0. The molecule has 7 heteroatoms. The molecule has 0 bridgehead atoms. The van der Waals surface area contributed by atoms with E-state index in [0.717, 1.165) is 6.42 Å². The molecule has 20 heavy (non-hydrogen) atoms. The summed E-state index contributed by atoms with van der Waals surface area (Å²) in [6.45, 7) is 2.26. The molecule has 1 heterocycles. The Kier molecular flexibility index (Phi) is 4.62. The Bertz CT molecular complexity index is 484. The van der Waals surface area contributed by atoms with Gasteiger partial charge in [-0.1, -0.05) is 30.9 Å². The lowest BCUT2D eigenvalue weighted by atomic mass is 9.82. The van der Waals surface area contributed by atoms with E-state index in [-0.39, 0.29) is 10.7 Å². The van der Waals surface area contributed by atoms with Crippen molar-refractivity contribution < 1.29 is 13.6 Å². The highest BCUT2D eigenvalue weighted by molar-refractivity contribution is 6.33. The normalized spacial score (nSPS) is 18.2. The Morgan fingerprint density at radius 3 is 2.70 bits per heavy atom. The third-order valence-electron chi connectivity index (χ3n) is 3.84. The smallest absolute Gasteiger partial charge is 0.271 e. The van der Waals surface area contributed by atoms with Crippen LogP contribution in [0.15, 0.2) is 6.20 Å². The van der Waals surface area contributed by atoms with Gasteiger partial charge in [-0.2, -0.15) is 5.10 Å². The van der Waals surface area contributed by atoms with Crippen molar-refractivity contribution in [1.82, 2.24) is 15.1 Å². The molecule has 1 aliphatic rings. The highest BCUT2D eigenvalue weighted by atomic mass is 35.5. The van der Waals surface area contributed by atoms with Crippen molar-refractivity contribution >= 4 is 17.5 Å². The van der Waals surface area contributed by atoms with Gasteiger partial charge >= 0.3 is 0 Å². The Morgan fingerprint density at radius 2 is 2.15 bits per heavy atom. The zero-order valence-electron chi connectivity index (χ0n) is 11.3. The number of aromatic nitrogens is 2. The van der Waals surface area contributed by atoms with E-state index >= 15 is 0 Å². The van der Waals surface area contributed by atoms with Crippen LogP contribution >= 0.6 is 11.6 Å². The van der Waals surface area contributed by atoms with Crippen LogP contribution in [0.4, 0.5) is 8.78 Å². The third-order valence-corrected chi connectivity index (χ3v) is 4.11. The monoisotopic (exact) mass is 305 g/mol. The van der Waals surface area contributed by atoms with Gasteiger partial charge in [-0.3, -0.25) is 9.48 Å². The van der Waals surface area contributed by atoms with Crippen LogP contribution in [0.1, 0.15) is 49.5 Å². The second-order valence-corrected chi connectivity index (χ2v) is 5.54. The number of amides is 1. The van der Waals surface area contributed by atoms with Gasteiger partial charge < -0.3 is 5.32 Å². The predicted octanol–water partition coefficient (Wildman–Crippen LogP) is 3.25. The summed E-state index contributed by atoms with van der Waals surface area (Å²) in [5.74, 6) is -0.573.